The fourth-order valence-electron chi connectivity index (χ4n) is 1.60. The molecule has 2 nitrogen and oxygen atoms in total. The first-order valence-electron chi connectivity index (χ1n) is 4.25. The molecule has 0 aromatic heterocycles. The molecule has 1 aromatic rings. The van der Waals surface area contributed by atoms with Crippen molar-refractivity contribution in [2.24, 2.45) is 0 Å². The molecule has 1 amide bonds. The minimum Gasteiger partial charge on any atom is -0.325 e. The topological polar surface area (TPSA) is 29.1 Å². The van der Waals surface area contributed by atoms with E-state index < -0.39 is 0 Å². The molecule has 68 valence electrons. The number of fused-ring (bicyclic) bond motifs is 1. The Morgan fingerprint density at radius 2 is 2.15 bits per heavy atom. The number of anilines is 1. The number of halogens is 1. The summed E-state index contributed by atoms with van der Waals surface area (Å²) in [4.78, 5) is 11.1. The van der Waals surface area contributed by atoms with Crippen LogP contribution in [-0.4, -0.2) is 5.91 Å². The average Bonchev–Trinajstić information content (AvgIpc) is 2.06. The maximum atomic E-state index is 11.1. The molecule has 0 unspecified atom stereocenters. The van der Waals surface area contributed by atoms with Crippen molar-refractivity contribution in [1.29, 1.82) is 0 Å². The monoisotopic (exact) mass is 239 g/mol. The maximum Gasteiger partial charge on any atom is 0.224 e. The van der Waals surface area contributed by atoms with E-state index >= 15 is 0 Å². The summed E-state index contributed by atoms with van der Waals surface area (Å²) in [6.45, 7) is 2.06. The second-order valence-electron chi connectivity index (χ2n) is 3.33. The summed E-state index contributed by atoms with van der Waals surface area (Å²) in [7, 11) is 0. The average molecular weight is 240 g/mol. The van der Waals surface area contributed by atoms with Crippen LogP contribution < -0.4 is 5.32 Å². The summed E-state index contributed by atoms with van der Waals surface area (Å²) < 4.78 is 0.982. The van der Waals surface area contributed by atoms with Crippen LogP contribution >= 0.6 is 15.9 Å². The van der Waals surface area contributed by atoms with Crippen molar-refractivity contribution in [2.75, 3.05) is 5.32 Å². The molecule has 1 aromatic carbocycles. The number of carbonyl (C=O) groups is 1. The molecule has 0 aliphatic carbocycles. The Bertz CT molecular complexity index is 373. The normalized spacial score (nSPS) is 15.1. The molecule has 1 N–H and O–H groups in total. The predicted octanol–water partition coefficient (Wildman–Crippen LogP) is 2.64. The third-order valence-electron chi connectivity index (χ3n) is 2.20. The molecule has 13 heavy (non-hydrogen) atoms. The number of aryl methyl sites for hydroxylation is 2. The zero-order valence-electron chi connectivity index (χ0n) is 7.36. The highest BCUT2D eigenvalue weighted by atomic mass is 79.9. The Morgan fingerprint density at radius 1 is 1.38 bits per heavy atom. The van der Waals surface area contributed by atoms with Gasteiger partial charge in [0.2, 0.25) is 5.91 Å². The Labute approximate surface area is 85.5 Å². The SMILES string of the molecule is Cc1cc(Br)c2c(c1)CCC(=O)N2. The summed E-state index contributed by atoms with van der Waals surface area (Å²) in [6.07, 6.45) is 1.45. The smallest absolute Gasteiger partial charge is 0.224 e. The van der Waals surface area contributed by atoms with Crippen LogP contribution in [-0.2, 0) is 11.2 Å². The van der Waals surface area contributed by atoms with Gasteiger partial charge in [-0.3, -0.25) is 4.79 Å². The Morgan fingerprint density at radius 3 is 2.92 bits per heavy atom. The Hall–Kier alpha value is -0.830. The highest BCUT2D eigenvalue weighted by Gasteiger charge is 2.16. The highest BCUT2D eigenvalue weighted by Crippen LogP contribution is 2.31. The number of hydrogen-bond acceptors (Lipinski definition) is 1. The van der Waals surface area contributed by atoms with E-state index in [1.807, 2.05) is 6.07 Å². The number of amides is 1. The summed E-state index contributed by atoms with van der Waals surface area (Å²) in [5.74, 6) is 0.108. The molecule has 0 radical (unpaired) electrons. The van der Waals surface area contributed by atoms with Crippen molar-refractivity contribution in [2.45, 2.75) is 19.8 Å². The second-order valence-corrected chi connectivity index (χ2v) is 4.18. The molecule has 1 heterocycles. The van der Waals surface area contributed by atoms with Crippen LogP contribution in [0.5, 0.6) is 0 Å². The minimum atomic E-state index is 0.108. The fourth-order valence-corrected chi connectivity index (χ4v) is 2.32. The van der Waals surface area contributed by atoms with Crippen LogP contribution in [0.2, 0.25) is 0 Å². The predicted molar refractivity (Wildman–Crippen MR) is 55.8 cm³/mol. The zero-order valence-corrected chi connectivity index (χ0v) is 8.94. The molecule has 0 spiro atoms. The largest absolute Gasteiger partial charge is 0.325 e. The fraction of sp³-hybridized carbons (Fsp3) is 0.300. The van der Waals surface area contributed by atoms with Crippen LogP contribution in [0.15, 0.2) is 16.6 Å². The minimum absolute atomic E-state index is 0.108. The van der Waals surface area contributed by atoms with Crippen molar-refractivity contribution in [3.8, 4) is 0 Å². The summed E-state index contributed by atoms with van der Waals surface area (Å²) in [5.41, 5.74) is 3.40. The number of hydrogen-bond donors (Lipinski definition) is 1. The molecular weight excluding hydrogens is 230 g/mol. The lowest BCUT2D eigenvalue weighted by Gasteiger charge is -2.18. The molecular formula is C10H10BrNO. The van der Waals surface area contributed by atoms with Gasteiger partial charge < -0.3 is 5.32 Å². The van der Waals surface area contributed by atoms with Gasteiger partial charge in [0.05, 0.1) is 5.69 Å². The first-order valence-corrected chi connectivity index (χ1v) is 5.05. The molecule has 1 aliphatic heterocycles. The Balaban J connectivity index is 2.53. The van der Waals surface area contributed by atoms with Crippen molar-refractivity contribution >= 4 is 27.5 Å². The van der Waals surface area contributed by atoms with Gasteiger partial charge in [-0.1, -0.05) is 6.07 Å². The lowest BCUT2D eigenvalue weighted by molar-refractivity contribution is -0.116. The molecule has 0 saturated carbocycles. The number of benzene rings is 1. The van der Waals surface area contributed by atoms with Crippen molar-refractivity contribution in [3.05, 3.63) is 27.7 Å². The van der Waals surface area contributed by atoms with Gasteiger partial charge >= 0.3 is 0 Å². The lowest BCUT2D eigenvalue weighted by atomic mass is 10.0. The van der Waals surface area contributed by atoms with Gasteiger partial charge in [-0.05, 0) is 46.5 Å². The van der Waals surface area contributed by atoms with Crippen molar-refractivity contribution in [3.63, 3.8) is 0 Å². The first-order chi connectivity index (χ1) is 6.16. The van der Waals surface area contributed by atoms with Crippen LogP contribution in [0, 0.1) is 6.92 Å². The van der Waals surface area contributed by atoms with E-state index in [0.29, 0.717) is 6.42 Å². The van der Waals surface area contributed by atoms with Crippen molar-refractivity contribution in [1.82, 2.24) is 0 Å². The molecule has 0 saturated heterocycles. The summed E-state index contributed by atoms with van der Waals surface area (Å²) in [5, 5.41) is 2.87. The lowest BCUT2D eigenvalue weighted by Crippen LogP contribution is -2.19. The van der Waals surface area contributed by atoms with E-state index in [9.17, 15) is 4.79 Å². The quantitative estimate of drug-likeness (QED) is 0.742. The van der Waals surface area contributed by atoms with E-state index in [2.05, 4.69) is 34.2 Å². The molecule has 0 bridgehead atoms. The molecule has 2 rings (SSSR count). The van der Waals surface area contributed by atoms with Gasteiger partial charge in [-0.15, -0.1) is 0 Å². The van der Waals surface area contributed by atoms with Gasteiger partial charge in [0.15, 0.2) is 0 Å². The van der Waals surface area contributed by atoms with Crippen LogP contribution in [0.3, 0.4) is 0 Å². The summed E-state index contributed by atoms with van der Waals surface area (Å²) >= 11 is 3.45. The third-order valence-corrected chi connectivity index (χ3v) is 2.83. The summed E-state index contributed by atoms with van der Waals surface area (Å²) in [6, 6.07) is 4.14. The number of nitrogens with one attached hydrogen (secondary N) is 1. The van der Waals surface area contributed by atoms with E-state index in [0.717, 1.165) is 16.6 Å². The van der Waals surface area contributed by atoms with E-state index in [1.54, 1.807) is 0 Å². The second kappa shape index (κ2) is 3.14. The maximum absolute atomic E-state index is 11.1. The zero-order chi connectivity index (χ0) is 9.42. The standard InChI is InChI=1S/C10H10BrNO/c1-6-4-7-2-3-9(13)12-10(7)8(11)5-6/h4-5H,2-3H2,1H3,(H,12,13). The van der Waals surface area contributed by atoms with Gasteiger partial charge in [-0.25, -0.2) is 0 Å². The van der Waals surface area contributed by atoms with Gasteiger partial charge in [0.1, 0.15) is 0 Å². The van der Waals surface area contributed by atoms with Crippen LogP contribution in [0.1, 0.15) is 17.5 Å². The Kier molecular flexibility index (Phi) is 2.12. The van der Waals surface area contributed by atoms with E-state index in [1.165, 1.54) is 11.1 Å². The van der Waals surface area contributed by atoms with Gasteiger partial charge in [0.25, 0.3) is 0 Å². The van der Waals surface area contributed by atoms with Gasteiger partial charge in [-0.2, -0.15) is 0 Å². The molecule has 1 aliphatic rings. The van der Waals surface area contributed by atoms with E-state index in [4.69, 9.17) is 0 Å². The molecule has 0 atom stereocenters. The number of carbonyl (C=O) groups excluding carboxylic acids is 1. The van der Waals surface area contributed by atoms with Gasteiger partial charge in [0, 0.05) is 10.9 Å². The first kappa shape index (κ1) is 8.75. The van der Waals surface area contributed by atoms with Crippen LogP contribution in [0.4, 0.5) is 5.69 Å². The third kappa shape index (κ3) is 1.61. The number of rotatable bonds is 0. The molecule has 3 heteroatoms. The van der Waals surface area contributed by atoms with Crippen molar-refractivity contribution < 1.29 is 4.79 Å². The highest BCUT2D eigenvalue weighted by molar-refractivity contribution is 9.10. The van der Waals surface area contributed by atoms with Crippen LogP contribution in [0.25, 0.3) is 0 Å². The van der Waals surface area contributed by atoms with E-state index in [-0.39, 0.29) is 5.91 Å². The molecule has 0 fully saturated rings.